The Balaban J connectivity index is 1.79. The van der Waals surface area contributed by atoms with Crippen molar-refractivity contribution in [2.24, 2.45) is 0 Å². The lowest BCUT2D eigenvalue weighted by Crippen LogP contribution is -2.48. The molecule has 1 aliphatic rings. The molecule has 1 saturated heterocycles. The molecule has 0 spiro atoms. The number of carbonyl (C=O) groups excluding carboxylic acids is 1. The number of amides is 1. The average molecular weight is 491 g/mol. The number of sulfonamides is 1. The number of nitrogens with zero attached hydrogens (tertiary/aromatic N) is 3. The number of nitrogens with one attached hydrogen (secondary N) is 1. The molecule has 0 radical (unpaired) electrons. The minimum Gasteiger partial charge on any atom is -0.345 e. The van der Waals surface area contributed by atoms with Crippen LogP contribution in [0.15, 0.2) is 28.6 Å². The van der Waals surface area contributed by atoms with E-state index in [9.17, 15) is 13.2 Å². The number of hydrogen-bond acceptors (Lipinski definition) is 6. The van der Waals surface area contributed by atoms with Crippen molar-refractivity contribution in [3.05, 3.63) is 39.3 Å². The molecule has 2 heterocycles. The summed E-state index contributed by atoms with van der Waals surface area (Å²) in [7, 11) is -3.88. The predicted molar refractivity (Wildman–Crippen MR) is 121 cm³/mol. The van der Waals surface area contributed by atoms with Gasteiger partial charge in [-0.25, -0.2) is 18.1 Å². The molecule has 164 valence electrons. The molecule has 1 aliphatic heterocycles. The van der Waals surface area contributed by atoms with Crippen molar-refractivity contribution in [2.75, 3.05) is 31.1 Å². The third kappa shape index (κ3) is 5.26. The first-order valence-electron chi connectivity index (χ1n) is 9.68. The van der Waals surface area contributed by atoms with Crippen molar-refractivity contribution in [1.82, 2.24) is 14.6 Å². The van der Waals surface area contributed by atoms with Gasteiger partial charge in [-0.3, -0.25) is 4.79 Å². The van der Waals surface area contributed by atoms with Crippen LogP contribution in [-0.4, -0.2) is 56.4 Å². The molecule has 30 heavy (non-hydrogen) atoms. The van der Waals surface area contributed by atoms with Gasteiger partial charge in [-0.15, -0.1) is 11.3 Å². The second-order valence-corrected chi connectivity index (χ2v) is 10.5. The van der Waals surface area contributed by atoms with E-state index in [4.69, 9.17) is 23.2 Å². The van der Waals surface area contributed by atoms with Crippen LogP contribution in [0.1, 0.15) is 37.0 Å². The molecule has 1 atom stereocenters. The Bertz CT molecular complexity index is 991. The molecule has 1 fully saturated rings. The normalized spacial score (nSPS) is 16.0. The summed E-state index contributed by atoms with van der Waals surface area (Å²) >= 11 is 14.0. The van der Waals surface area contributed by atoms with Crippen LogP contribution in [-0.2, 0) is 10.0 Å². The number of aromatic nitrogens is 1. The van der Waals surface area contributed by atoms with E-state index in [0.717, 1.165) is 11.6 Å². The van der Waals surface area contributed by atoms with E-state index in [2.05, 4.69) is 14.6 Å². The predicted octanol–water partition coefficient (Wildman–Crippen LogP) is 3.88. The van der Waals surface area contributed by atoms with Gasteiger partial charge in [0.15, 0.2) is 5.13 Å². The minimum absolute atomic E-state index is 0.0127. The zero-order valence-electron chi connectivity index (χ0n) is 16.8. The highest BCUT2D eigenvalue weighted by molar-refractivity contribution is 7.89. The lowest BCUT2D eigenvalue weighted by Gasteiger charge is -2.34. The lowest BCUT2D eigenvalue weighted by molar-refractivity contribution is 0.0746. The molecular formula is C19H24Cl2N4O3S2. The summed E-state index contributed by atoms with van der Waals surface area (Å²) in [6.45, 7) is 6.04. The van der Waals surface area contributed by atoms with Crippen LogP contribution >= 0.6 is 34.5 Å². The molecule has 11 heteroatoms. The number of hydrogen-bond donors (Lipinski definition) is 1. The monoisotopic (exact) mass is 490 g/mol. The van der Waals surface area contributed by atoms with E-state index >= 15 is 0 Å². The van der Waals surface area contributed by atoms with E-state index in [1.54, 1.807) is 29.4 Å². The fraction of sp³-hybridized carbons (Fsp3) is 0.474. The van der Waals surface area contributed by atoms with Crippen LogP contribution < -0.4 is 9.62 Å². The van der Waals surface area contributed by atoms with Crippen molar-refractivity contribution in [2.45, 2.75) is 37.6 Å². The first-order valence-corrected chi connectivity index (χ1v) is 12.8. The number of halogens is 2. The van der Waals surface area contributed by atoms with Crippen LogP contribution in [0.5, 0.6) is 0 Å². The Hall–Kier alpha value is -1.39. The Labute approximate surface area is 191 Å². The topological polar surface area (TPSA) is 82.6 Å². The van der Waals surface area contributed by atoms with E-state index in [0.29, 0.717) is 32.6 Å². The molecule has 0 bridgehead atoms. The first-order chi connectivity index (χ1) is 14.2. The van der Waals surface area contributed by atoms with Crippen molar-refractivity contribution in [3.63, 3.8) is 0 Å². The average Bonchev–Trinajstić information content (AvgIpc) is 3.22. The van der Waals surface area contributed by atoms with Crippen LogP contribution in [0.3, 0.4) is 0 Å². The number of benzene rings is 1. The number of anilines is 1. The molecule has 0 saturated carbocycles. The largest absolute Gasteiger partial charge is 0.345 e. The first kappa shape index (κ1) is 23.3. The van der Waals surface area contributed by atoms with Gasteiger partial charge in [0.2, 0.25) is 10.0 Å². The zero-order valence-corrected chi connectivity index (χ0v) is 19.9. The summed E-state index contributed by atoms with van der Waals surface area (Å²) < 4.78 is 28.2. The molecule has 3 rings (SSSR count). The molecule has 1 unspecified atom stereocenters. The van der Waals surface area contributed by atoms with Crippen LogP contribution in [0, 0.1) is 0 Å². The van der Waals surface area contributed by atoms with Crippen LogP contribution in [0.2, 0.25) is 10.0 Å². The Kier molecular flexibility index (Phi) is 7.62. The van der Waals surface area contributed by atoms with E-state index in [1.165, 1.54) is 12.1 Å². The minimum atomic E-state index is -3.88. The summed E-state index contributed by atoms with van der Waals surface area (Å²) in [6, 6.07) is 2.35. The van der Waals surface area contributed by atoms with Gasteiger partial charge in [0.05, 0.1) is 15.6 Å². The maximum Gasteiger partial charge on any atom is 0.255 e. The smallest absolute Gasteiger partial charge is 0.255 e. The van der Waals surface area contributed by atoms with Gasteiger partial charge in [0.25, 0.3) is 5.91 Å². The molecule has 1 aromatic heterocycles. The van der Waals surface area contributed by atoms with Crippen LogP contribution in [0.25, 0.3) is 0 Å². The highest BCUT2D eigenvalue weighted by atomic mass is 35.5. The van der Waals surface area contributed by atoms with E-state index < -0.39 is 10.0 Å². The van der Waals surface area contributed by atoms with Gasteiger partial charge in [-0.05, 0) is 25.5 Å². The molecular weight excluding hydrogens is 467 g/mol. The Morgan fingerprint density at radius 3 is 2.53 bits per heavy atom. The Morgan fingerprint density at radius 2 is 1.93 bits per heavy atom. The summed E-state index contributed by atoms with van der Waals surface area (Å²) in [6.07, 6.45) is 3.29. The third-order valence-corrected chi connectivity index (χ3v) is 8.08. The number of piperazine rings is 1. The van der Waals surface area contributed by atoms with Gasteiger partial charge in [-0.1, -0.05) is 36.5 Å². The summed E-state index contributed by atoms with van der Waals surface area (Å²) in [5, 5.41) is 2.96. The number of carbonyl (C=O) groups is 1. The maximum absolute atomic E-state index is 13.1. The van der Waals surface area contributed by atoms with Gasteiger partial charge in [0, 0.05) is 43.8 Å². The third-order valence-electron chi connectivity index (χ3n) is 4.88. The lowest BCUT2D eigenvalue weighted by atomic mass is 10.1. The fourth-order valence-corrected chi connectivity index (χ4v) is 6.19. The Morgan fingerprint density at radius 1 is 1.23 bits per heavy atom. The molecule has 7 nitrogen and oxygen atoms in total. The zero-order chi connectivity index (χ0) is 21.9. The van der Waals surface area contributed by atoms with Crippen LogP contribution in [0.4, 0.5) is 5.13 Å². The second-order valence-electron chi connectivity index (χ2n) is 7.17. The van der Waals surface area contributed by atoms with Crippen molar-refractivity contribution < 1.29 is 13.2 Å². The highest BCUT2D eigenvalue weighted by Gasteiger charge is 2.28. The van der Waals surface area contributed by atoms with Crippen molar-refractivity contribution in [3.8, 4) is 0 Å². The standard InChI is InChI=1S/C19H24Cl2N4O3S2/c1-3-4-13(2)23-30(27,28)17-11-14(15(20)12-16(17)21)18(26)24-6-8-25(9-7-24)19-22-5-10-29-19/h5,10-13,23H,3-4,6-9H2,1-2H3. The quantitative estimate of drug-likeness (QED) is 0.636. The van der Waals surface area contributed by atoms with E-state index in [-0.39, 0.29) is 32.5 Å². The SMILES string of the molecule is CCCC(C)NS(=O)(=O)c1cc(C(=O)N2CCN(c3nccs3)CC2)c(Cl)cc1Cl. The molecule has 1 amide bonds. The summed E-state index contributed by atoms with van der Waals surface area (Å²) in [4.78, 5) is 21.0. The van der Waals surface area contributed by atoms with Gasteiger partial charge >= 0.3 is 0 Å². The number of thiazole rings is 1. The molecule has 1 N–H and O–H groups in total. The van der Waals surface area contributed by atoms with Crippen molar-refractivity contribution >= 4 is 55.6 Å². The van der Waals surface area contributed by atoms with Crippen molar-refractivity contribution in [1.29, 1.82) is 0 Å². The molecule has 1 aromatic carbocycles. The molecule has 2 aromatic rings. The number of rotatable bonds is 7. The summed E-state index contributed by atoms with van der Waals surface area (Å²) in [5.74, 6) is -0.312. The maximum atomic E-state index is 13.1. The van der Waals surface area contributed by atoms with Gasteiger partial charge < -0.3 is 9.80 Å². The van der Waals surface area contributed by atoms with Gasteiger partial charge in [-0.2, -0.15) is 0 Å². The summed E-state index contributed by atoms with van der Waals surface area (Å²) in [5.41, 5.74) is 0.132. The van der Waals surface area contributed by atoms with E-state index in [1.807, 2.05) is 12.3 Å². The fourth-order valence-electron chi connectivity index (χ4n) is 3.36. The second kappa shape index (κ2) is 9.82. The highest BCUT2D eigenvalue weighted by Crippen LogP contribution is 2.30. The molecule has 0 aliphatic carbocycles. The van der Waals surface area contributed by atoms with Gasteiger partial charge in [0.1, 0.15) is 4.90 Å².